The van der Waals surface area contributed by atoms with Crippen LogP contribution in [-0.2, 0) is 60.3 Å². The van der Waals surface area contributed by atoms with Crippen LogP contribution in [0.3, 0.4) is 0 Å². The van der Waals surface area contributed by atoms with Gasteiger partial charge in [0.1, 0.15) is 23.0 Å². The van der Waals surface area contributed by atoms with Crippen LogP contribution in [0.2, 0.25) is 0 Å². The van der Waals surface area contributed by atoms with Crippen LogP contribution in [0.1, 0.15) is 41.0 Å². The van der Waals surface area contributed by atoms with Crippen molar-refractivity contribution in [1.29, 1.82) is 0 Å². The maximum atomic E-state index is 13.5. The SMILES string of the molecule is COc1ccc(CN(Cc2ccc(OC)cc2)S(=O)(=O)c2cc(C(C)O)n(C)n2)cc1.COc1ccc(CN(Cc2ccc(OC)cc2)S(=O)(=O)c2ccn(C)n2)cc1. The van der Waals surface area contributed by atoms with Crippen molar-refractivity contribution in [2.75, 3.05) is 28.4 Å². The van der Waals surface area contributed by atoms with Crippen molar-refractivity contribution < 1.29 is 40.9 Å². The molecule has 6 aromatic rings. The van der Waals surface area contributed by atoms with Gasteiger partial charge in [0, 0.05) is 52.5 Å². The van der Waals surface area contributed by atoms with Crippen LogP contribution in [0.25, 0.3) is 0 Å². The molecule has 0 saturated heterocycles. The van der Waals surface area contributed by atoms with Crippen molar-refractivity contribution in [1.82, 2.24) is 28.2 Å². The third kappa shape index (κ3) is 11.5. The zero-order chi connectivity index (χ0) is 42.7. The summed E-state index contributed by atoms with van der Waals surface area (Å²) >= 11 is 0. The summed E-state index contributed by atoms with van der Waals surface area (Å²) in [6, 6.07) is 32.1. The number of benzene rings is 4. The largest absolute Gasteiger partial charge is 0.497 e. The third-order valence-corrected chi connectivity index (χ3v) is 12.6. The van der Waals surface area contributed by atoms with Gasteiger partial charge in [-0.3, -0.25) is 9.36 Å². The smallest absolute Gasteiger partial charge is 0.263 e. The zero-order valence-electron chi connectivity index (χ0n) is 34.1. The van der Waals surface area contributed by atoms with Gasteiger partial charge in [-0.1, -0.05) is 48.5 Å². The highest BCUT2D eigenvalue weighted by molar-refractivity contribution is 7.89. The van der Waals surface area contributed by atoms with Crippen LogP contribution in [0, 0.1) is 0 Å². The molecule has 2 aromatic heterocycles. The minimum absolute atomic E-state index is 0.0250. The molecular formula is C42H50N6O9S2. The van der Waals surface area contributed by atoms with E-state index in [0.717, 1.165) is 33.8 Å². The van der Waals surface area contributed by atoms with E-state index >= 15 is 0 Å². The monoisotopic (exact) mass is 846 g/mol. The van der Waals surface area contributed by atoms with E-state index in [1.54, 1.807) is 79.9 Å². The first-order chi connectivity index (χ1) is 28.2. The number of methoxy groups -OCH3 is 4. The van der Waals surface area contributed by atoms with E-state index in [4.69, 9.17) is 18.9 Å². The normalized spacial score (nSPS) is 12.2. The lowest BCUT2D eigenvalue weighted by Gasteiger charge is -2.21. The van der Waals surface area contributed by atoms with Gasteiger partial charge < -0.3 is 24.1 Å². The van der Waals surface area contributed by atoms with Crippen molar-refractivity contribution in [2.24, 2.45) is 14.1 Å². The van der Waals surface area contributed by atoms with Crippen LogP contribution < -0.4 is 18.9 Å². The first-order valence-electron chi connectivity index (χ1n) is 18.4. The summed E-state index contributed by atoms with van der Waals surface area (Å²) in [7, 11) is 1.94. The second-order valence-corrected chi connectivity index (χ2v) is 17.2. The number of aryl methyl sites for hydroxylation is 2. The molecule has 0 saturated carbocycles. The van der Waals surface area contributed by atoms with E-state index in [1.165, 1.54) is 30.1 Å². The first-order valence-corrected chi connectivity index (χ1v) is 21.3. The highest BCUT2D eigenvalue weighted by atomic mass is 32.2. The molecule has 6 rings (SSSR count). The van der Waals surface area contributed by atoms with Crippen molar-refractivity contribution in [2.45, 2.75) is 49.3 Å². The Morgan fingerprint density at radius 3 is 1.12 bits per heavy atom. The maximum absolute atomic E-state index is 13.5. The summed E-state index contributed by atoms with van der Waals surface area (Å²) in [5.41, 5.74) is 3.75. The van der Waals surface area contributed by atoms with E-state index in [-0.39, 0.29) is 36.2 Å². The number of rotatable bonds is 17. The molecule has 0 fully saturated rings. The summed E-state index contributed by atoms with van der Waals surface area (Å²) < 4.78 is 79.8. The van der Waals surface area contributed by atoms with Crippen molar-refractivity contribution in [3.63, 3.8) is 0 Å². The molecule has 0 bridgehead atoms. The van der Waals surface area contributed by atoms with Gasteiger partial charge in [0.05, 0.1) is 40.2 Å². The topological polar surface area (TPSA) is 168 Å². The number of hydrogen-bond donors (Lipinski definition) is 1. The lowest BCUT2D eigenvalue weighted by Crippen LogP contribution is -2.30. The van der Waals surface area contributed by atoms with E-state index in [9.17, 15) is 21.9 Å². The molecule has 1 unspecified atom stereocenters. The highest BCUT2D eigenvalue weighted by Crippen LogP contribution is 2.26. The minimum atomic E-state index is -3.94. The summed E-state index contributed by atoms with van der Waals surface area (Å²) in [6.45, 7) is 2.31. The first kappa shape index (κ1) is 44.4. The fourth-order valence-electron chi connectivity index (χ4n) is 5.96. The molecule has 15 nitrogen and oxygen atoms in total. The lowest BCUT2D eigenvalue weighted by atomic mass is 10.2. The number of aliphatic hydroxyl groups is 1. The molecule has 17 heteroatoms. The van der Waals surface area contributed by atoms with Crippen LogP contribution in [0.5, 0.6) is 23.0 Å². The number of aromatic nitrogens is 4. The minimum Gasteiger partial charge on any atom is -0.497 e. The Hall–Kier alpha value is -5.72. The number of hydrogen-bond acceptors (Lipinski definition) is 11. The van der Waals surface area contributed by atoms with Gasteiger partial charge >= 0.3 is 0 Å². The summed E-state index contributed by atoms with van der Waals surface area (Å²) in [6.07, 6.45) is 0.782. The quantitative estimate of drug-likeness (QED) is 0.119. The molecule has 0 aliphatic carbocycles. The summed E-state index contributed by atoms with van der Waals surface area (Å²) in [4.78, 5) is 0. The molecule has 1 N–H and O–H groups in total. The Morgan fingerprint density at radius 1 is 0.542 bits per heavy atom. The Morgan fingerprint density at radius 2 is 0.864 bits per heavy atom. The van der Waals surface area contributed by atoms with E-state index < -0.39 is 26.2 Å². The molecule has 0 amide bonds. The second-order valence-electron chi connectivity index (χ2n) is 13.5. The molecule has 4 aromatic carbocycles. The zero-order valence-corrected chi connectivity index (χ0v) is 35.7. The third-order valence-electron chi connectivity index (χ3n) is 9.29. The van der Waals surface area contributed by atoms with E-state index in [1.807, 2.05) is 72.8 Å². The van der Waals surface area contributed by atoms with Gasteiger partial charge in [-0.15, -0.1) is 0 Å². The van der Waals surface area contributed by atoms with E-state index in [2.05, 4.69) is 10.2 Å². The molecule has 2 heterocycles. The van der Waals surface area contributed by atoms with Crippen LogP contribution >= 0.6 is 0 Å². The molecule has 314 valence electrons. The van der Waals surface area contributed by atoms with Crippen LogP contribution in [-0.4, -0.2) is 78.6 Å². The van der Waals surface area contributed by atoms with Gasteiger partial charge in [-0.25, -0.2) is 16.8 Å². The van der Waals surface area contributed by atoms with Gasteiger partial charge in [0.15, 0.2) is 10.1 Å². The van der Waals surface area contributed by atoms with Crippen molar-refractivity contribution >= 4 is 20.0 Å². The van der Waals surface area contributed by atoms with Crippen molar-refractivity contribution in [3.8, 4) is 23.0 Å². The number of ether oxygens (including phenoxy) is 4. The average molecular weight is 847 g/mol. The molecule has 0 radical (unpaired) electrons. The number of aliphatic hydroxyl groups excluding tert-OH is 1. The Balaban J connectivity index is 0.000000225. The predicted molar refractivity (Wildman–Crippen MR) is 222 cm³/mol. The molecule has 59 heavy (non-hydrogen) atoms. The summed E-state index contributed by atoms with van der Waals surface area (Å²) in [5.74, 6) is 2.83. The molecule has 0 aliphatic rings. The van der Waals surface area contributed by atoms with E-state index in [0.29, 0.717) is 17.2 Å². The Labute approximate surface area is 346 Å². The van der Waals surface area contributed by atoms with Gasteiger partial charge in [0.25, 0.3) is 20.0 Å². The average Bonchev–Trinajstić information content (AvgIpc) is 3.88. The summed E-state index contributed by atoms with van der Waals surface area (Å²) in [5, 5.41) is 18.1. The van der Waals surface area contributed by atoms with Crippen molar-refractivity contribution in [3.05, 3.63) is 143 Å². The maximum Gasteiger partial charge on any atom is 0.263 e. The molecule has 1 atom stereocenters. The fraction of sp³-hybridized carbons (Fsp3) is 0.286. The Bertz CT molecular complexity index is 2370. The molecule has 0 spiro atoms. The Kier molecular flexibility index (Phi) is 14.9. The number of sulfonamides is 2. The van der Waals surface area contributed by atoms with Crippen LogP contribution in [0.15, 0.2) is 125 Å². The van der Waals surface area contributed by atoms with Gasteiger partial charge in [-0.05, 0) is 83.8 Å². The molecular weight excluding hydrogens is 797 g/mol. The molecule has 0 aliphatic heterocycles. The standard InChI is InChI=1S/C22H27N3O5S.C20H23N3O4S/c1-16(26)21-13-22(23-24(21)2)31(27,28)25(14-17-5-9-19(29-3)10-6-17)15-18-7-11-20(30-4)12-8-18;1-22-13-12-20(21-22)28(24,25)23(14-16-4-8-18(26-2)9-5-16)15-17-6-10-19(27-3)11-7-17/h5-13,16,26H,14-15H2,1-4H3;4-13H,14-15H2,1-3H3. The van der Waals surface area contributed by atoms with Gasteiger partial charge in [-0.2, -0.15) is 18.8 Å². The second kappa shape index (κ2) is 19.8. The number of nitrogens with zero attached hydrogens (tertiary/aromatic N) is 6. The highest BCUT2D eigenvalue weighted by Gasteiger charge is 2.30. The fourth-order valence-corrected chi connectivity index (χ4v) is 8.72. The van der Waals surface area contributed by atoms with Crippen LogP contribution in [0.4, 0.5) is 0 Å². The lowest BCUT2D eigenvalue weighted by molar-refractivity contribution is 0.189. The predicted octanol–water partition coefficient (Wildman–Crippen LogP) is 5.71. The van der Waals surface area contributed by atoms with Gasteiger partial charge in [0.2, 0.25) is 0 Å².